The summed E-state index contributed by atoms with van der Waals surface area (Å²) in [6.07, 6.45) is 0.699. The largest absolute Gasteiger partial charge is 0.490 e. The molecule has 0 spiro atoms. The number of benzene rings is 2. The number of carbonyl (C=O) groups excluding carboxylic acids is 1. The normalized spacial score (nSPS) is 9.84. The zero-order valence-corrected chi connectivity index (χ0v) is 15.4. The van der Waals surface area contributed by atoms with Gasteiger partial charge in [0, 0.05) is 12.2 Å². The monoisotopic (exact) mass is 364 g/mol. The highest BCUT2D eigenvalue weighted by Gasteiger charge is 2.09. The number of hydrogen-bond acceptors (Lipinski definition) is 4. The summed E-state index contributed by atoms with van der Waals surface area (Å²) in [5.74, 6) is 1.31. The fourth-order valence-electron chi connectivity index (χ4n) is 2.37. The molecule has 2 aromatic rings. The first-order valence-corrected chi connectivity index (χ1v) is 8.17. The molecule has 0 unspecified atom stereocenters. The molecule has 6 heteroatoms. The number of ether oxygens (including phenoxy) is 2. The van der Waals surface area contributed by atoms with E-state index in [0.29, 0.717) is 37.4 Å². The molecule has 0 saturated carbocycles. The van der Waals surface area contributed by atoms with Crippen LogP contribution in [0, 0.1) is 0 Å². The summed E-state index contributed by atoms with van der Waals surface area (Å²) < 4.78 is 11.2. The van der Waals surface area contributed by atoms with E-state index in [2.05, 4.69) is 5.32 Å². The Morgan fingerprint density at radius 1 is 1.04 bits per heavy atom. The van der Waals surface area contributed by atoms with Gasteiger partial charge in [-0.05, 0) is 50.1 Å². The van der Waals surface area contributed by atoms with E-state index >= 15 is 0 Å². The van der Waals surface area contributed by atoms with Gasteiger partial charge in [0.25, 0.3) is 5.91 Å². The summed E-state index contributed by atoms with van der Waals surface area (Å²) in [6, 6.07) is 12.9. The maximum Gasteiger partial charge on any atom is 0.253 e. The Morgan fingerprint density at radius 3 is 2.40 bits per heavy atom. The van der Waals surface area contributed by atoms with E-state index in [1.807, 2.05) is 32.0 Å². The Morgan fingerprint density at radius 2 is 1.72 bits per heavy atom. The molecule has 25 heavy (non-hydrogen) atoms. The van der Waals surface area contributed by atoms with Crippen molar-refractivity contribution in [3.8, 4) is 11.5 Å². The molecule has 0 heterocycles. The summed E-state index contributed by atoms with van der Waals surface area (Å²) in [5, 5.41) is 2.89. The van der Waals surface area contributed by atoms with Gasteiger partial charge in [-0.25, -0.2) is 0 Å². The van der Waals surface area contributed by atoms with Crippen LogP contribution in [0.25, 0.3) is 0 Å². The van der Waals surface area contributed by atoms with Gasteiger partial charge < -0.3 is 20.5 Å². The molecule has 1 amide bonds. The number of anilines is 1. The van der Waals surface area contributed by atoms with Crippen LogP contribution in [-0.2, 0) is 6.42 Å². The predicted molar refractivity (Wildman–Crippen MR) is 103 cm³/mol. The average Bonchev–Trinajstić information content (AvgIpc) is 2.58. The molecule has 0 atom stereocenters. The number of amides is 1. The third kappa shape index (κ3) is 5.87. The van der Waals surface area contributed by atoms with Gasteiger partial charge in [-0.3, -0.25) is 4.79 Å². The van der Waals surface area contributed by atoms with Crippen LogP contribution in [0.2, 0.25) is 0 Å². The Labute approximate surface area is 154 Å². The summed E-state index contributed by atoms with van der Waals surface area (Å²) in [5.41, 5.74) is 7.86. The number of hydrogen-bond donors (Lipinski definition) is 2. The first-order chi connectivity index (χ1) is 11.7. The van der Waals surface area contributed by atoms with Crippen molar-refractivity contribution in [1.29, 1.82) is 0 Å². The molecule has 0 aliphatic heterocycles. The maximum absolute atomic E-state index is 12.1. The van der Waals surface area contributed by atoms with Gasteiger partial charge in [0.15, 0.2) is 11.5 Å². The lowest BCUT2D eigenvalue weighted by molar-refractivity contribution is 0.0955. The van der Waals surface area contributed by atoms with Crippen LogP contribution < -0.4 is 20.5 Å². The van der Waals surface area contributed by atoms with Crippen molar-refractivity contribution in [3.05, 3.63) is 53.6 Å². The van der Waals surface area contributed by atoms with Gasteiger partial charge in [-0.2, -0.15) is 0 Å². The van der Waals surface area contributed by atoms with E-state index < -0.39 is 0 Å². The number of nitrogen functional groups attached to an aromatic ring is 1. The summed E-state index contributed by atoms with van der Waals surface area (Å²) >= 11 is 0. The SMILES string of the molecule is CCOc1ccc(CCNC(=O)c2ccccc2N)cc1OCC.Cl. The smallest absolute Gasteiger partial charge is 0.253 e. The molecule has 0 aliphatic carbocycles. The van der Waals surface area contributed by atoms with Crippen LogP contribution in [0.5, 0.6) is 11.5 Å². The quantitative estimate of drug-likeness (QED) is 0.703. The van der Waals surface area contributed by atoms with E-state index in [9.17, 15) is 4.79 Å². The van der Waals surface area contributed by atoms with Crippen molar-refractivity contribution in [2.45, 2.75) is 20.3 Å². The van der Waals surface area contributed by atoms with Crippen molar-refractivity contribution in [3.63, 3.8) is 0 Å². The predicted octanol–water partition coefficient (Wildman–Crippen LogP) is 3.46. The lowest BCUT2D eigenvalue weighted by Gasteiger charge is -2.13. The minimum absolute atomic E-state index is 0. The third-order valence-electron chi connectivity index (χ3n) is 3.51. The minimum Gasteiger partial charge on any atom is -0.490 e. The van der Waals surface area contributed by atoms with Crippen molar-refractivity contribution in [2.24, 2.45) is 0 Å². The van der Waals surface area contributed by atoms with Crippen molar-refractivity contribution >= 4 is 24.0 Å². The first kappa shape index (κ1) is 20.6. The van der Waals surface area contributed by atoms with E-state index in [-0.39, 0.29) is 18.3 Å². The molecule has 0 bridgehead atoms. The van der Waals surface area contributed by atoms with Crippen LogP contribution >= 0.6 is 12.4 Å². The Hall–Kier alpha value is -2.40. The zero-order valence-electron chi connectivity index (χ0n) is 14.6. The number of halogens is 1. The van der Waals surface area contributed by atoms with Gasteiger partial charge >= 0.3 is 0 Å². The van der Waals surface area contributed by atoms with E-state index in [4.69, 9.17) is 15.2 Å². The molecule has 2 aromatic carbocycles. The van der Waals surface area contributed by atoms with Crippen LogP contribution in [0.3, 0.4) is 0 Å². The topological polar surface area (TPSA) is 73.6 Å². The minimum atomic E-state index is -0.163. The molecular formula is C19H25ClN2O3. The standard InChI is InChI=1S/C19H24N2O3.ClH/c1-3-23-17-10-9-14(13-18(17)24-4-2)11-12-21-19(22)15-7-5-6-8-16(15)20;/h5-10,13H,3-4,11-12,20H2,1-2H3,(H,21,22);1H. The Balaban J connectivity index is 0.00000312. The summed E-state index contributed by atoms with van der Waals surface area (Å²) in [7, 11) is 0. The second-order valence-corrected chi connectivity index (χ2v) is 5.24. The van der Waals surface area contributed by atoms with Gasteiger partial charge in [0.05, 0.1) is 18.8 Å². The van der Waals surface area contributed by atoms with Gasteiger partial charge in [0.1, 0.15) is 0 Å². The second-order valence-electron chi connectivity index (χ2n) is 5.24. The maximum atomic E-state index is 12.1. The Kier molecular flexibility index (Phi) is 8.64. The summed E-state index contributed by atoms with van der Waals surface area (Å²) in [4.78, 5) is 12.1. The number of nitrogens with one attached hydrogen (secondary N) is 1. The van der Waals surface area contributed by atoms with Crippen molar-refractivity contribution in [1.82, 2.24) is 5.32 Å². The lowest BCUT2D eigenvalue weighted by Crippen LogP contribution is -2.26. The Bertz CT molecular complexity index is 692. The molecule has 0 aromatic heterocycles. The second kappa shape index (κ2) is 10.5. The fraction of sp³-hybridized carbons (Fsp3) is 0.316. The van der Waals surface area contributed by atoms with Crippen LogP contribution in [0.1, 0.15) is 29.8 Å². The average molecular weight is 365 g/mol. The van der Waals surface area contributed by atoms with Gasteiger partial charge in [-0.15, -0.1) is 12.4 Å². The molecule has 3 N–H and O–H groups in total. The lowest BCUT2D eigenvalue weighted by atomic mass is 10.1. The molecule has 136 valence electrons. The molecule has 0 saturated heterocycles. The molecule has 5 nitrogen and oxygen atoms in total. The summed E-state index contributed by atoms with van der Waals surface area (Å²) in [6.45, 7) is 5.57. The van der Waals surface area contributed by atoms with Crippen LogP contribution in [0.4, 0.5) is 5.69 Å². The van der Waals surface area contributed by atoms with Gasteiger partial charge in [0.2, 0.25) is 0 Å². The van der Waals surface area contributed by atoms with E-state index in [0.717, 1.165) is 17.1 Å². The van der Waals surface area contributed by atoms with E-state index in [1.54, 1.807) is 24.3 Å². The highest BCUT2D eigenvalue weighted by Crippen LogP contribution is 2.28. The molecular weight excluding hydrogens is 340 g/mol. The van der Waals surface area contributed by atoms with Crippen LogP contribution in [0.15, 0.2) is 42.5 Å². The number of carbonyl (C=O) groups is 1. The highest BCUT2D eigenvalue weighted by molar-refractivity contribution is 5.99. The van der Waals surface area contributed by atoms with Gasteiger partial charge in [-0.1, -0.05) is 18.2 Å². The van der Waals surface area contributed by atoms with Crippen molar-refractivity contribution < 1.29 is 14.3 Å². The number of para-hydroxylation sites is 1. The number of rotatable bonds is 8. The van der Waals surface area contributed by atoms with Crippen LogP contribution in [-0.4, -0.2) is 25.7 Å². The molecule has 0 radical (unpaired) electrons. The fourth-order valence-corrected chi connectivity index (χ4v) is 2.37. The third-order valence-corrected chi connectivity index (χ3v) is 3.51. The van der Waals surface area contributed by atoms with Crippen molar-refractivity contribution in [2.75, 3.05) is 25.5 Å². The highest BCUT2D eigenvalue weighted by atomic mass is 35.5. The van der Waals surface area contributed by atoms with E-state index in [1.165, 1.54) is 0 Å². The molecule has 0 fully saturated rings. The number of nitrogens with two attached hydrogens (primary N) is 1. The first-order valence-electron chi connectivity index (χ1n) is 8.17. The zero-order chi connectivity index (χ0) is 17.4. The molecule has 2 rings (SSSR count). The molecule has 0 aliphatic rings.